The number of hydrogen-bond donors (Lipinski definition) is 0. The van der Waals surface area contributed by atoms with Crippen molar-refractivity contribution < 1.29 is 14.6 Å². The van der Waals surface area contributed by atoms with E-state index in [1.54, 1.807) is 0 Å². The van der Waals surface area contributed by atoms with Gasteiger partial charge in [0.25, 0.3) is 0 Å². The van der Waals surface area contributed by atoms with Gasteiger partial charge in [0.1, 0.15) is 5.60 Å². The molecule has 0 bridgehead atoms. The van der Waals surface area contributed by atoms with Crippen molar-refractivity contribution in [1.29, 1.82) is 0 Å². The maximum atomic E-state index is 11.0. The van der Waals surface area contributed by atoms with Crippen molar-refractivity contribution >= 4 is 5.97 Å². The Labute approximate surface area is 80.3 Å². The highest BCUT2D eigenvalue weighted by Crippen LogP contribution is 2.09. The zero-order chi connectivity index (χ0) is 10.5. The van der Waals surface area contributed by atoms with Crippen molar-refractivity contribution in [2.24, 2.45) is 5.92 Å². The fourth-order valence-electron chi connectivity index (χ4n) is 0.620. The van der Waals surface area contributed by atoms with Crippen LogP contribution < -0.4 is 0 Å². The predicted molar refractivity (Wildman–Crippen MR) is 51.0 cm³/mol. The summed E-state index contributed by atoms with van der Waals surface area (Å²) in [6, 6.07) is 0. The van der Waals surface area contributed by atoms with Crippen LogP contribution in [-0.4, -0.2) is 11.6 Å². The first-order valence-electron chi connectivity index (χ1n) is 4.70. The molecule has 0 heterocycles. The molecule has 0 rings (SSSR count). The molecule has 0 aromatic rings. The second-order valence-electron chi connectivity index (χ2n) is 4.58. The normalized spacial score (nSPS) is 11.8. The van der Waals surface area contributed by atoms with Crippen LogP contribution in [0.15, 0.2) is 0 Å². The van der Waals surface area contributed by atoms with E-state index in [-0.39, 0.29) is 5.97 Å². The molecule has 78 valence electrons. The van der Waals surface area contributed by atoms with E-state index in [1.165, 1.54) is 0 Å². The lowest BCUT2D eigenvalue weighted by Crippen LogP contribution is -2.21. The molecule has 0 aromatic carbocycles. The van der Waals surface area contributed by atoms with Gasteiger partial charge >= 0.3 is 5.97 Å². The summed E-state index contributed by atoms with van der Waals surface area (Å²) in [5.41, 5.74) is -0.423. The summed E-state index contributed by atoms with van der Waals surface area (Å²) in [4.78, 5) is 20.5. The molecule has 0 radical (unpaired) electrons. The van der Waals surface area contributed by atoms with Gasteiger partial charge in [0, 0.05) is 6.42 Å². The standard InChI is InChI=1S/C10H20O3/c1-8(2)6-7-9(11)12-13-10(3,4)5/h8H,6-7H2,1-5H3. The molecule has 0 N–H and O–H groups in total. The highest BCUT2D eigenvalue weighted by atomic mass is 17.2. The predicted octanol–water partition coefficient (Wildman–Crippen LogP) is 2.70. The maximum absolute atomic E-state index is 11.0. The largest absolute Gasteiger partial charge is 0.342 e. The van der Waals surface area contributed by atoms with E-state index in [1.807, 2.05) is 20.8 Å². The topological polar surface area (TPSA) is 35.5 Å². The summed E-state index contributed by atoms with van der Waals surface area (Å²) in [6.45, 7) is 9.64. The van der Waals surface area contributed by atoms with E-state index in [2.05, 4.69) is 18.7 Å². The first-order chi connectivity index (χ1) is 5.81. The lowest BCUT2D eigenvalue weighted by molar-refractivity contribution is -0.320. The zero-order valence-corrected chi connectivity index (χ0v) is 9.22. The lowest BCUT2D eigenvalue weighted by atomic mass is 10.1. The highest BCUT2D eigenvalue weighted by Gasteiger charge is 2.15. The van der Waals surface area contributed by atoms with Gasteiger partial charge in [-0.05, 0) is 33.1 Å². The van der Waals surface area contributed by atoms with Gasteiger partial charge in [-0.15, -0.1) is 0 Å². The Morgan fingerprint density at radius 3 is 2.23 bits per heavy atom. The molecule has 3 nitrogen and oxygen atoms in total. The molecule has 0 aliphatic carbocycles. The highest BCUT2D eigenvalue weighted by molar-refractivity contribution is 5.68. The van der Waals surface area contributed by atoms with Crippen molar-refractivity contribution in [2.45, 2.75) is 53.1 Å². The van der Waals surface area contributed by atoms with Crippen LogP contribution in [0.25, 0.3) is 0 Å². The van der Waals surface area contributed by atoms with Crippen LogP contribution in [0.3, 0.4) is 0 Å². The van der Waals surface area contributed by atoms with Crippen LogP contribution in [0.2, 0.25) is 0 Å². The van der Waals surface area contributed by atoms with Gasteiger partial charge in [-0.25, -0.2) is 4.79 Å². The summed E-state index contributed by atoms with van der Waals surface area (Å²) in [5.74, 6) is 0.228. The van der Waals surface area contributed by atoms with Crippen LogP contribution in [0.5, 0.6) is 0 Å². The van der Waals surface area contributed by atoms with Crippen molar-refractivity contribution in [3.8, 4) is 0 Å². The summed E-state index contributed by atoms with van der Waals surface area (Å²) in [5, 5.41) is 0. The van der Waals surface area contributed by atoms with E-state index in [9.17, 15) is 4.79 Å². The molecule has 0 unspecified atom stereocenters. The Hall–Kier alpha value is -0.570. The number of carbonyl (C=O) groups is 1. The Morgan fingerprint density at radius 1 is 1.31 bits per heavy atom. The fraction of sp³-hybridized carbons (Fsp3) is 0.900. The van der Waals surface area contributed by atoms with Gasteiger partial charge in [-0.1, -0.05) is 13.8 Å². The van der Waals surface area contributed by atoms with Crippen LogP contribution in [0, 0.1) is 5.92 Å². The average Bonchev–Trinajstić information content (AvgIpc) is 1.95. The fourth-order valence-corrected chi connectivity index (χ4v) is 0.620. The van der Waals surface area contributed by atoms with Crippen molar-refractivity contribution in [2.75, 3.05) is 0 Å². The molecule has 3 heteroatoms. The summed E-state index contributed by atoms with van der Waals surface area (Å²) in [6.07, 6.45) is 1.26. The van der Waals surface area contributed by atoms with E-state index in [0.29, 0.717) is 12.3 Å². The van der Waals surface area contributed by atoms with E-state index in [4.69, 9.17) is 4.89 Å². The quantitative estimate of drug-likeness (QED) is 0.502. The Kier molecular flexibility index (Phi) is 4.99. The van der Waals surface area contributed by atoms with Crippen molar-refractivity contribution in [1.82, 2.24) is 0 Å². The summed E-state index contributed by atoms with van der Waals surface area (Å²) in [7, 11) is 0. The number of hydrogen-bond acceptors (Lipinski definition) is 3. The minimum atomic E-state index is -0.423. The third kappa shape index (κ3) is 9.34. The molecule has 0 aliphatic rings. The second kappa shape index (κ2) is 5.22. The van der Waals surface area contributed by atoms with E-state index in [0.717, 1.165) is 6.42 Å². The maximum Gasteiger partial charge on any atom is 0.342 e. The van der Waals surface area contributed by atoms with Gasteiger partial charge in [0.15, 0.2) is 0 Å². The van der Waals surface area contributed by atoms with Crippen molar-refractivity contribution in [3.63, 3.8) is 0 Å². The van der Waals surface area contributed by atoms with Crippen LogP contribution in [0.4, 0.5) is 0 Å². The third-order valence-electron chi connectivity index (χ3n) is 1.31. The average molecular weight is 188 g/mol. The Morgan fingerprint density at radius 2 is 1.85 bits per heavy atom. The first-order valence-corrected chi connectivity index (χ1v) is 4.70. The molecule has 0 spiro atoms. The smallest absolute Gasteiger partial charge is 0.298 e. The van der Waals surface area contributed by atoms with Gasteiger partial charge in [-0.2, -0.15) is 4.89 Å². The molecule has 0 saturated heterocycles. The molecule has 0 aromatic heterocycles. The van der Waals surface area contributed by atoms with E-state index >= 15 is 0 Å². The van der Waals surface area contributed by atoms with Gasteiger partial charge in [0.2, 0.25) is 0 Å². The minimum Gasteiger partial charge on any atom is -0.298 e. The summed E-state index contributed by atoms with van der Waals surface area (Å²) < 4.78 is 0. The third-order valence-corrected chi connectivity index (χ3v) is 1.31. The molecule has 0 atom stereocenters. The van der Waals surface area contributed by atoms with Crippen LogP contribution in [-0.2, 0) is 14.6 Å². The Balaban J connectivity index is 3.53. The summed E-state index contributed by atoms with van der Waals surface area (Å²) >= 11 is 0. The second-order valence-corrected chi connectivity index (χ2v) is 4.58. The van der Waals surface area contributed by atoms with Crippen molar-refractivity contribution in [3.05, 3.63) is 0 Å². The molecule has 0 aliphatic heterocycles. The molecule has 0 amide bonds. The van der Waals surface area contributed by atoms with Gasteiger partial charge in [0.05, 0.1) is 0 Å². The van der Waals surface area contributed by atoms with Crippen LogP contribution >= 0.6 is 0 Å². The number of carbonyl (C=O) groups excluding carboxylic acids is 1. The molecular weight excluding hydrogens is 168 g/mol. The minimum absolute atomic E-state index is 0.288. The van der Waals surface area contributed by atoms with Gasteiger partial charge in [-0.3, -0.25) is 4.89 Å². The lowest BCUT2D eigenvalue weighted by Gasteiger charge is -2.16. The van der Waals surface area contributed by atoms with Gasteiger partial charge < -0.3 is 0 Å². The molecule has 13 heavy (non-hydrogen) atoms. The zero-order valence-electron chi connectivity index (χ0n) is 9.22. The molecule has 0 saturated carbocycles. The molecular formula is C10H20O3. The SMILES string of the molecule is CC(C)CCC(=O)OOC(C)(C)C. The first kappa shape index (κ1) is 12.4. The Bertz CT molecular complexity index is 156. The number of rotatable bonds is 4. The van der Waals surface area contributed by atoms with Crippen LogP contribution in [0.1, 0.15) is 47.5 Å². The van der Waals surface area contributed by atoms with E-state index < -0.39 is 5.60 Å². The molecule has 0 fully saturated rings. The monoisotopic (exact) mass is 188 g/mol.